The Hall–Kier alpha value is -5.49. The first-order valence-electron chi connectivity index (χ1n) is 18.9. The van der Waals surface area contributed by atoms with E-state index in [1.165, 1.54) is 12.5 Å². The van der Waals surface area contributed by atoms with Gasteiger partial charge in [-0.3, -0.25) is 29.4 Å². The fourth-order valence-electron chi connectivity index (χ4n) is 6.27. The average Bonchev–Trinajstić information content (AvgIpc) is 3.83. The van der Waals surface area contributed by atoms with Crippen LogP contribution >= 0.6 is 0 Å². The van der Waals surface area contributed by atoms with Gasteiger partial charge in [0.2, 0.25) is 23.6 Å². The largest absolute Gasteiger partial charge is 0.394 e. The Morgan fingerprint density at radius 2 is 1.44 bits per heavy atom. The topological polar surface area (TPSA) is 269 Å². The minimum Gasteiger partial charge on any atom is -0.394 e. The van der Waals surface area contributed by atoms with E-state index in [9.17, 15) is 33.9 Å². The lowest BCUT2D eigenvalue weighted by Gasteiger charge is -2.31. The zero-order valence-electron chi connectivity index (χ0n) is 31.7. The molecule has 7 amide bonds. The number of nitrogens with one attached hydrogen (secondary N) is 8. The highest BCUT2D eigenvalue weighted by atomic mass is 16.3. The number of aromatic amines is 2. The van der Waals surface area contributed by atoms with Crippen LogP contribution in [-0.4, -0.2) is 111 Å². The number of para-hydroxylation sites is 1. The summed E-state index contributed by atoms with van der Waals surface area (Å²) in [7, 11) is 0. The summed E-state index contributed by atoms with van der Waals surface area (Å²) in [5.74, 6) is -3.78. The maximum Gasteiger partial charge on any atom is 0.336 e. The van der Waals surface area contributed by atoms with Crippen molar-refractivity contribution >= 4 is 46.5 Å². The smallest absolute Gasteiger partial charge is 0.336 e. The van der Waals surface area contributed by atoms with Crippen molar-refractivity contribution in [3.63, 3.8) is 0 Å². The second-order valence-corrected chi connectivity index (χ2v) is 14.2. The number of amides is 7. The number of aliphatic hydroxyl groups is 1. The summed E-state index contributed by atoms with van der Waals surface area (Å²) in [6.07, 6.45) is 7.03. The van der Waals surface area contributed by atoms with Gasteiger partial charge < -0.3 is 47.4 Å². The van der Waals surface area contributed by atoms with Gasteiger partial charge >= 0.3 is 6.03 Å². The summed E-state index contributed by atoms with van der Waals surface area (Å²) >= 11 is 0. The van der Waals surface area contributed by atoms with E-state index in [4.69, 9.17) is 5.73 Å². The molecule has 1 saturated heterocycles. The van der Waals surface area contributed by atoms with E-state index in [1.54, 1.807) is 6.20 Å². The van der Waals surface area contributed by atoms with Gasteiger partial charge in [0.05, 0.1) is 12.9 Å². The third-order valence-corrected chi connectivity index (χ3v) is 9.29. The molecule has 5 atom stereocenters. The van der Waals surface area contributed by atoms with Gasteiger partial charge in [0.15, 0.2) is 0 Å². The number of carbonyl (C=O) groups is 6. The number of rotatable bonds is 14. The number of hydrazine groups is 1. The number of H-pyrrole nitrogens is 2. The number of unbranched alkanes of at least 4 members (excludes halogenated alkanes) is 2. The number of fused-ring (bicyclic) bond motifs is 1. The highest BCUT2D eigenvalue weighted by molar-refractivity contribution is 5.97. The number of aliphatic hydroxyl groups excluding tert-OH is 1. The van der Waals surface area contributed by atoms with Crippen LogP contribution in [-0.2, 0) is 36.8 Å². The molecule has 3 heterocycles. The summed E-state index contributed by atoms with van der Waals surface area (Å²) in [5, 5.41) is 25.5. The molecule has 4 rings (SSSR count). The van der Waals surface area contributed by atoms with Gasteiger partial charge in [-0.15, -0.1) is 0 Å². The fourth-order valence-corrected chi connectivity index (χ4v) is 6.27. The second kappa shape index (κ2) is 20.8. The third kappa shape index (κ3) is 12.3. The van der Waals surface area contributed by atoms with Crippen LogP contribution in [0.15, 0.2) is 43.0 Å². The zero-order valence-corrected chi connectivity index (χ0v) is 31.7. The maximum atomic E-state index is 14.2. The first kappa shape index (κ1) is 42.3. The Morgan fingerprint density at radius 3 is 2.11 bits per heavy atom. The SMILES string of the molecule is CCCCN1NC(=O)[C@@H](CC(C)C)NC(=O)[C@H](CCCCN)NC(=O)[C@@H](CO)NC(=O)[C@H](Cc2cnc[nH]2)NC(=O)[C@@H](Cc2c[nH]c3ccccc23)NC1=O. The molecule has 11 N–H and O–H groups in total. The first-order chi connectivity index (χ1) is 26.4. The lowest BCUT2D eigenvalue weighted by Crippen LogP contribution is -2.63. The number of nitrogens with two attached hydrogens (primary N) is 1. The molecule has 0 saturated carbocycles. The van der Waals surface area contributed by atoms with Crippen LogP contribution in [0.3, 0.4) is 0 Å². The average molecular weight is 766 g/mol. The molecule has 0 unspecified atom stereocenters. The number of nitrogens with zero attached hydrogens (tertiary/aromatic N) is 2. The Morgan fingerprint density at radius 1 is 0.782 bits per heavy atom. The van der Waals surface area contributed by atoms with Crippen LogP contribution in [0.2, 0.25) is 0 Å². The van der Waals surface area contributed by atoms with Crippen molar-refractivity contribution in [2.45, 2.75) is 102 Å². The van der Waals surface area contributed by atoms with Gasteiger partial charge in [-0.05, 0) is 56.2 Å². The van der Waals surface area contributed by atoms with E-state index in [2.05, 4.69) is 47.0 Å². The predicted molar refractivity (Wildman–Crippen MR) is 204 cm³/mol. The van der Waals surface area contributed by atoms with Gasteiger partial charge in [0, 0.05) is 48.4 Å². The molecule has 55 heavy (non-hydrogen) atoms. The quantitative estimate of drug-likeness (QED) is 0.0990. The molecule has 18 heteroatoms. The van der Waals surface area contributed by atoms with Crippen molar-refractivity contribution < 1.29 is 33.9 Å². The van der Waals surface area contributed by atoms with Crippen LogP contribution in [0.5, 0.6) is 0 Å². The monoisotopic (exact) mass is 765 g/mol. The van der Waals surface area contributed by atoms with Gasteiger partial charge in [0.1, 0.15) is 30.2 Å². The summed E-state index contributed by atoms with van der Waals surface area (Å²) in [4.78, 5) is 93.5. The number of benzene rings is 1. The summed E-state index contributed by atoms with van der Waals surface area (Å²) < 4.78 is 0. The normalized spacial score (nSPS) is 22.3. The lowest BCUT2D eigenvalue weighted by atomic mass is 10.0. The van der Waals surface area contributed by atoms with Crippen molar-refractivity contribution in [1.82, 2.24) is 52.0 Å². The highest BCUT2D eigenvalue weighted by Crippen LogP contribution is 2.20. The Labute approximate surface area is 319 Å². The molecule has 3 aromatic rings. The van der Waals surface area contributed by atoms with E-state index in [-0.39, 0.29) is 38.1 Å². The standard InChI is InChI=1S/C37H55N11O7/c1-4-5-14-48-37(55)46-29(16-23-18-40-26-11-7-6-10-25(23)26)33(51)44-30(17-24-19-39-21-41-24)34(52)45-31(20-49)35(53)42-27(12-8-9-13-38)32(50)43-28(15-22(2)3)36(54)47-48/h6-7,10-11,18-19,21-22,27-31,40,49H,4-5,8-9,12-17,20,38H2,1-3H3,(H,39,41)(H,42,53)(H,43,50)(H,44,51)(H,45,52)(H,46,55)(H,47,54)/t27-,28+,29+,30-,31+/m0/s1. The Bertz CT molecular complexity index is 1750. The minimum atomic E-state index is -1.51. The summed E-state index contributed by atoms with van der Waals surface area (Å²) in [6, 6.07) is 0.311. The minimum absolute atomic E-state index is 0.00516. The van der Waals surface area contributed by atoms with Crippen LogP contribution in [0, 0.1) is 5.92 Å². The third-order valence-electron chi connectivity index (χ3n) is 9.29. The van der Waals surface area contributed by atoms with Crippen molar-refractivity contribution in [3.8, 4) is 0 Å². The fraction of sp³-hybridized carbons (Fsp3) is 0.541. The molecule has 0 bridgehead atoms. The molecule has 18 nitrogen and oxygen atoms in total. The van der Waals surface area contributed by atoms with Crippen molar-refractivity contribution in [1.29, 1.82) is 0 Å². The van der Waals surface area contributed by atoms with Gasteiger partial charge in [0.25, 0.3) is 5.91 Å². The Balaban J connectivity index is 1.76. The van der Waals surface area contributed by atoms with Crippen molar-refractivity contribution in [2.75, 3.05) is 19.7 Å². The van der Waals surface area contributed by atoms with Crippen molar-refractivity contribution in [3.05, 3.63) is 54.2 Å². The molecule has 0 radical (unpaired) electrons. The summed E-state index contributed by atoms with van der Waals surface area (Å²) in [6.45, 7) is 5.26. The van der Waals surface area contributed by atoms with Crippen molar-refractivity contribution in [2.24, 2.45) is 11.7 Å². The molecular formula is C37H55N11O7. The van der Waals surface area contributed by atoms with Crippen LogP contribution in [0.25, 0.3) is 10.9 Å². The van der Waals surface area contributed by atoms with E-state index in [0.29, 0.717) is 43.5 Å². The molecule has 1 aliphatic rings. The highest BCUT2D eigenvalue weighted by Gasteiger charge is 2.35. The number of carbonyl (C=O) groups excluding carboxylic acids is 6. The molecule has 1 aromatic carbocycles. The molecule has 1 fully saturated rings. The number of imidazole rings is 1. The first-order valence-corrected chi connectivity index (χ1v) is 18.9. The number of hydrogen-bond acceptors (Lipinski definition) is 9. The van der Waals surface area contributed by atoms with Crippen LogP contribution < -0.4 is 37.7 Å². The van der Waals surface area contributed by atoms with Crippen LogP contribution in [0.1, 0.15) is 70.6 Å². The lowest BCUT2D eigenvalue weighted by molar-refractivity contribution is -0.136. The summed E-state index contributed by atoms with van der Waals surface area (Å²) in [5.41, 5.74) is 10.3. The van der Waals surface area contributed by atoms with Gasteiger partial charge in [-0.2, -0.15) is 0 Å². The van der Waals surface area contributed by atoms with Crippen LogP contribution in [0.4, 0.5) is 4.79 Å². The molecule has 300 valence electrons. The number of hydrogen-bond donors (Lipinski definition) is 10. The van der Waals surface area contributed by atoms with E-state index >= 15 is 0 Å². The predicted octanol–water partition coefficient (Wildman–Crippen LogP) is 0.00790. The van der Waals surface area contributed by atoms with E-state index < -0.39 is 72.4 Å². The maximum absolute atomic E-state index is 14.2. The van der Waals surface area contributed by atoms with Gasteiger partial charge in [-0.25, -0.2) is 14.8 Å². The molecule has 0 spiro atoms. The number of aromatic nitrogens is 3. The molecule has 1 aliphatic heterocycles. The molecule has 0 aliphatic carbocycles. The zero-order chi connectivity index (χ0) is 39.9. The molecular weight excluding hydrogens is 710 g/mol. The van der Waals surface area contributed by atoms with E-state index in [0.717, 1.165) is 15.9 Å². The second-order valence-electron chi connectivity index (χ2n) is 14.2. The molecule has 2 aromatic heterocycles. The Kier molecular flexibility index (Phi) is 16.0. The number of urea groups is 1. The van der Waals surface area contributed by atoms with E-state index in [1.807, 2.05) is 45.0 Å². The van der Waals surface area contributed by atoms with Gasteiger partial charge in [-0.1, -0.05) is 45.4 Å².